The fourth-order valence-corrected chi connectivity index (χ4v) is 4.58. The topological polar surface area (TPSA) is 80.4 Å². The summed E-state index contributed by atoms with van der Waals surface area (Å²) in [5.74, 6) is -0.146. The third-order valence-electron chi connectivity index (χ3n) is 5.47. The fraction of sp³-hybridized carbons (Fsp3) is 1.00. The van der Waals surface area contributed by atoms with Crippen molar-refractivity contribution in [1.82, 2.24) is 0 Å². The largest absolute Gasteiger partial charge is 0.329 e. The molecule has 0 radical (unpaired) electrons. The van der Waals surface area contributed by atoms with Gasteiger partial charge in [0.1, 0.15) is 5.25 Å². The summed E-state index contributed by atoms with van der Waals surface area (Å²) < 4.78 is 32.3. The highest BCUT2D eigenvalue weighted by Gasteiger charge is 2.50. The lowest BCUT2D eigenvalue weighted by molar-refractivity contribution is -0.0181. The van der Waals surface area contributed by atoms with Crippen LogP contribution in [0, 0.1) is 16.7 Å². The molecular weight excluding hydrogens is 250 g/mol. The highest BCUT2D eigenvalue weighted by atomic mass is 32.2. The first-order chi connectivity index (χ1) is 8.06. The molecule has 1 aliphatic rings. The van der Waals surface area contributed by atoms with Crippen LogP contribution in [0.1, 0.15) is 53.4 Å². The molecule has 0 heterocycles. The summed E-state index contributed by atoms with van der Waals surface area (Å²) in [6.07, 6.45) is 4.39. The van der Waals surface area contributed by atoms with Crippen LogP contribution >= 0.6 is 0 Å². The maximum absolute atomic E-state index is 11.5. The van der Waals surface area contributed by atoms with Gasteiger partial charge < -0.3 is 5.73 Å². The molecular formula is C13H27NO3S. The van der Waals surface area contributed by atoms with Gasteiger partial charge in [-0.1, -0.05) is 40.5 Å². The van der Waals surface area contributed by atoms with Gasteiger partial charge in [-0.2, -0.15) is 8.42 Å². The van der Waals surface area contributed by atoms with E-state index in [2.05, 4.69) is 20.8 Å². The molecule has 1 saturated carbocycles. The van der Waals surface area contributed by atoms with E-state index in [-0.39, 0.29) is 23.3 Å². The smallest absolute Gasteiger partial charge is 0.269 e. The summed E-state index contributed by atoms with van der Waals surface area (Å²) in [6, 6.07) is 0. The first-order valence-corrected chi connectivity index (χ1v) is 8.23. The Morgan fingerprint density at radius 2 is 1.72 bits per heavy atom. The second-order valence-electron chi connectivity index (χ2n) is 6.59. The van der Waals surface area contributed by atoms with Gasteiger partial charge in [-0.25, -0.2) is 0 Å². The van der Waals surface area contributed by atoms with Crippen molar-refractivity contribution in [3.8, 4) is 0 Å². The van der Waals surface area contributed by atoms with Gasteiger partial charge in [-0.05, 0) is 29.6 Å². The highest BCUT2D eigenvalue weighted by Crippen LogP contribution is 2.55. The summed E-state index contributed by atoms with van der Waals surface area (Å²) in [6.45, 7) is 8.43. The van der Waals surface area contributed by atoms with Crippen LogP contribution in [0.25, 0.3) is 0 Å². The lowest BCUT2D eigenvalue weighted by Gasteiger charge is -2.53. The first-order valence-electron chi connectivity index (χ1n) is 6.72. The van der Waals surface area contributed by atoms with Gasteiger partial charge in [0.05, 0.1) is 0 Å². The minimum absolute atomic E-state index is 0.0222. The van der Waals surface area contributed by atoms with Crippen LogP contribution in [0.3, 0.4) is 0 Å². The van der Waals surface area contributed by atoms with Crippen LogP contribution in [-0.2, 0) is 10.1 Å². The Bertz CT molecular complexity index is 391. The molecule has 0 saturated heterocycles. The van der Waals surface area contributed by atoms with E-state index in [1.807, 2.05) is 6.92 Å². The van der Waals surface area contributed by atoms with E-state index >= 15 is 0 Å². The van der Waals surface area contributed by atoms with Gasteiger partial charge in [0.15, 0.2) is 0 Å². The molecule has 4 nitrogen and oxygen atoms in total. The number of hydrogen-bond donors (Lipinski definition) is 2. The third-order valence-corrected chi connectivity index (χ3v) is 6.84. The quantitative estimate of drug-likeness (QED) is 0.773. The Balaban J connectivity index is 3.10. The third kappa shape index (κ3) is 2.73. The highest BCUT2D eigenvalue weighted by molar-refractivity contribution is 7.86. The van der Waals surface area contributed by atoms with Crippen molar-refractivity contribution in [3.63, 3.8) is 0 Å². The lowest BCUT2D eigenvalue weighted by atomic mass is 9.53. The van der Waals surface area contributed by atoms with E-state index in [0.29, 0.717) is 0 Å². The second-order valence-corrected chi connectivity index (χ2v) is 8.22. The summed E-state index contributed by atoms with van der Waals surface area (Å²) in [7, 11) is -4.08. The van der Waals surface area contributed by atoms with E-state index in [1.165, 1.54) is 6.42 Å². The summed E-state index contributed by atoms with van der Waals surface area (Å²) in [5, 5.41) is -0.861. The Morgan fingerprint density at radius 3 is 2.11 bits per heavy atom. The summed E-state index contributed by atoms with van der Waals surface area (Å²) >= 11 is 0. The molecule has 0 aromatic carbocycles. The minimum atomic E-state index is -4.08. The van der Waals surface area contributed by atoms with Crippen LogP contribution in [-0.4, -0.2) is 24.8 Å². The van der Waals surface area contributed by atoms with Gasteiger partial charge in [-0.15, -0.1) is 0 Å². The average molecular weight is 277 g/mol. The molecule has 3 atom stereocenters. The SMILES string of the molecule is CC(C(CN)S(=O)(=O)O)C1(C)CCCCC1(C)C. The van der Waals surface area contributed by atoms with Crippen LogP contribution in [0.5, 0.6) is 0 Å². The molecule has 1 rings (SSSR count). The maximum Gasteiger partial charge on any atom is 0.269 e. The van der Waals surface area contributed by atoms with Gasteiger partial charge in [-0.3, -0.25) is 4.55 Å². The van der Waals surface area contributed by atoms with Crippen molar-refractivity contribution in [1.29, 1.82) is 0 Å². The van der Waals surface area contributed by atoms with E-state index < -0.39 is 15.4 Å². The fourth-order valence-electron chi connectivity index (χ4n) is 3.52. The van der Waals surface area contributed by atoms with E-state index in [4.69, 9.17) is 5.73 Å². The van der Waals surface area contributed by atoms with Crippen LogP contribution < -0.4 is 5.73 Å². The Morgan fingerprint density at radius 1 is 1.22 bits per heavy atom. The lowest BCUT2D eigenvalue weighted by Crippen LogP contribution is -2.50. The number of nitrogens with two attached hydrogens (primary N) is 1. The normalized spacial score (nSPS) is 31.9. The number of rotatable bonds is 4. The Labute approximate surface area is 111 Å². The molecule has 0 aliphatic heterocycles. The van der Waals surface area contributed by atoms with Crippen molar-refractivity contribution >= 4 is 10.1 Å². The van der Waals surface area contributed by atoms with Gasteiger partial charge in [0.25, 0.3) is 10.1 Å². The molecule has 3 unspecified atom stereocenters. The molecule has 18 heavy (non-hydrogen) atoms. The van der Waals surface area contributed by atoms with Gasteiger partial charge in [0, 0.05) is 6.54 Å². The molecule has 108 valence electrons. The molecule has 3 N–H and O–H groups in total. The van der Waals surface area contributed by atoms with E-state index in [1.54, 1.807) is 0 Å². The number of hydrogen-bond acceptors (Lipinski definition) is 3. The standard InChI is InChI=1S/C13H27NO3S/c1-10(11(9-14)18(15,16)17)13(4)8-6-5-7-12(13,2)3/h10-11H,5-9,14H2,1-4H3,(H,15,16,17). The zero-order valence-electron chi connectivity index (χ0n) is 11.9. The Kier molecular flexibility index (Phi) is 4.51. The molecule has 0 bridgehead atoms. The van der Waals surface area contributed by atoms with E-state index in [0.717, 1.165) is 19.3 Å². The van der Waals surface area contributed by atoms with Crippen molar-refractivity contribution < 1.29 is 13.0 Å². The van der Waals surface area contributed by atoms with Gasteiger partial charge >= 0.3 is 0 Å². The predicted octanol–water partition coefficient (Wildman–Crippen LogP) is 2.44. The van der Waals surface area contributed by atoms with E-state index in [9.17, 15) is 13.0 Å². The molecule has 1 aliphatic carbocycles. The summed E-state index contributed by atoms with van der Waals surface area (Å²) in [4.78, 5) is 0. The van der Waals surface area contributed by atoms with Crippen molar-refractivity contribution in [2.75, 3.05) is 6.54 Å². The molecule has 0 amide bonds. The zero-order chi connectivity index (χ0) is 14.2. The van der Waals surface area contributed by atoms with Crippen molar-refractivity contribution in [2.45, 2.75) is 58.6 Å². The first kappa shape index (κ1) is 15.9. The second kappa shape index (κ2) is 5.10. The average Bonchev–Trinajstić information content (AvgIpc) is 2.21. The predicted molar refractivity (Wildman–Crippen MR) is 73.9 cm³/mol. The van der Waals surface area contributed by atoms with Crippen molar-refractivity contribution in [2.24, 2.45) is 22.5 Å². The molecule has 5 heteroatoms. The van der Waals surface area contributed by atoms with Gasteiger partial charge in [0.2, 0.25) is 0 Å². The van der Waals surface area contributed by atoms with Crippen LogP contribution in [0.2, 0.25) is 0 Å². The monoisotopic (exact) mass is 277 g/mol. The minimum Gasteiger partial charge on any atom is -0.329 e. The zero-order valence-corrected chi connectivity index (χ0v) is 12.8. The van der Waals surface area contributed by atoms with Crippen molar-refractivity contribution in [3.05, 3.63) is 0 Å². The molecule has 0 spiro atoms. The molecule has 1 fully saturated rings. The molecule has 0 aromatic heterocycles. The molecule has 0 aromatic rings. The van der Waals surface area contributed by atoms with Crippen LogP contribution in [0.15, 0.2) is 0 Å². The maximum atomic E-state index is 11.5. The van der Waals surface area contributed by atoms with Crippen LogP contribution in [0.4, 0.5) is 0 Å². The Hall–Kier alpha value is -0.130. The summed E-state index contributed by atoms with van der Waals surface area (Å²) in [5.41, 5.74) is 5.54.